The molecule has 3 heterocycles. The third kappa shape index (κ3) is 4.72. The van der Waals surface area contributed by atoms with Crippen LogP contribution in [0.5, 0.6) is 0 Å². The van der Waals surface area contributed by atoms with E-state index in [1.165, 1.54) is 11.1 Å². The summed E-state index contributed by atoms with van der Waals surface area (Å²) in [5.41, 5.74) is 4.69. The molecule has 1 fully saturated rings. The molecule has 0 spiro atoms. The number of rotatable bonds is 5. The molecule has 0 aliphatic carbocycles. The molecule has 3 rings (SSSR count). The highest BCUT2D eigenvalue weighted by atomic mass is 16.5. The molecule has 158 valence electrons. The van der Waals surface area contributed by atoms with Gasteiger partial charge in [0.2, 0.25) is 5.91 Å². The van der Waals surface area contributed by atoms with Gasteiger partial charge in [-0.2, -0.15) is 5.26 Å². The number of piperazine rings is 1. The smallest absolute Gasteiger partial charge is 0.222 e. The maximum Gasteiger partial charge on any atom is 0.222 e. The Morgan fingerprint density at radius 1 is 1.28 bits per heavy atom. The molecule has 1 amide bonds. The zero-order chi connectivity index (χ0) is 21.2. The lowest BCUT2D eigenvalue weighted by Crippen LogP contribution is -2.49. The van der Waals surface area contributed by atoms with Gasteiger partial charge in [0.05, 0.1) is 23.6 Å². The summed E-state index contributed by atoms with van der Waals surface area (Å²) in [5.74, 6) is 0.711. The number of anilines is 1. The van der Waals surface area contributed by atoms with Crippen LogP contribution in [0, 0.1) is 17.2 Å². The highest BCUT2D eigenvalue weighted by molar-refractivity contribution is 5.76. The van der Waals surface area contributed by atoms with Gasteiger partial charge in [-0.1, -0.05) is 20.8 Å². The standard InChI is InChI=1S/C23H34N4O2/c1-6-7-21(28)26-8-10-27(11-9-26)22-17(12-16(2)3)18-13-23(4,5)29-15-20(18)25-19(22)14-24/h16H,6-13,15H2,1-5H3. The predicted octanol–water partition coefficient (Wildman–Crippen LogP) is 3.45. The monoisotopic (exact) mass is 398 g/mol. The lowest BCUT2D eigenvalue weighted by atomic mass is 9.86. The van der Waals surface area contributed by atoms with Crippen LogP contribution in [0.3, 0.4) is 0 Å². The predicted molar refractivity (Wildman–Crippen MR) is 114 cm³/mol. The summed E-state index contributed by atoms with van der Waals surface area (Å²) in [5, 5.41) is 9.88. The van der Waals surface area contributed by atoms with Gasteiger partial charge < -0.3 is 14.5 Å². The quantitative estimate of drug-likeness (QED) is 0.760. The van der Waals surface area contributed by atoms with E-state index in [4.69, 9.17) is 9.72 Å². The van der Waals surface area contributed by atoms with Crippen molar-refractivity contribution in [3.05, 3.63) is 22.5 Å². The van der Waals surface area contributed by atoms with Crippen LogP contribution in [0.25, 0.3) is 0 Å². The number of nitriles is 1. The van der Waals surface area contributed by atoms with E-state index in [1.807, 2.05) is 11.8 Å². The van der Waals surface area contributed by atoms with Crippen LogP contribution in [-0.2, 0) is 29.0 Å². The van der Waals surface area contributed by atoms with Gasteiger partial charge in [-0.3, -0.25) is 4.79 Å². The van der Waals surface area contributed by atoms with Crippen LogP contribution in [0.2, 0.25) is 0 Å². The van der Waals surface area contributed by atoms with E-state index in [-0.39, 0.29) is 11.5 Å². The highest BCUT2D eigenvalue weighted by Gasteiger charge is 2.33. The van der Waals surface area contributed by atoms with Crippen LogP contribution in [0.15, 0.2) is 0 Å². The first-order valence-electron chi connectivity index (χ1n) is 10.9. The Kier molecular flexibility index (Phi) is 6.48. The fourth-order valence-corrected chi connectivity index (χ4v) is 4.38. The minimum Gasteiger partial charge on any atom is -0.369 e. The molecule has 29 heavy (non-hydrogen) atoms. The number of nitrogens with zero attached hydrogens (tertiary/aromatic N) is 4. The first kappa shape index (κ1) is 21.6. The normalized spacial score (nSPS) is 18.5. The second-order valence-corrected chi connectivity index (χ2v) is 9.27. The van der Waals surface area contributed by atoms with Crippen molar-refractivity contribution in [2.75, 3.05) is 31.1 Å². The van der Waals surface area contributed by atoms with E-state index in [0.717, 1.165) is 43.7 Å². The van der Waals surface area contributed by atoms with Crippen LogP contribution in [0.1, 0.15) is 70.0 Å². The lowest BCUT2D eigenvalue weighted by molar-refractivity contribution is -0.131. The average molecular weight is 399 g/mol. The Bertz CT molecular complexity index is 802. The second-order valence-electron chi connectivity index (χ2n) is 9.27. The molecule has 2 aliphatic rings. The maximum absolute atomic E-state index is 12.3. The van der Waals surface area contributed by atoms with Gasteiger partial charge in [0.15, 0.2) is 5.69 Å². The fourth-order valence-electron chi connectivity index (χ4n) is 4.38. The van der Waals surface area contributed by atoms with E-state index in [2.05, 4.69) is 38.7 Å². The van der Waals surface area contributed by atoms with Crippen LogP contribution in [-0.4, -0.2) is 47.6 Å². The number of pyridine rings is 1. The minimum atomic E-state index is -0.225. The third-order valence-electron chi connectivity index (χ3n) is 5.80. The van der Waals surface area contributed by atoms with Crippen molar-refractivity contribution in [3.63, 3.8) is 0 Å². The molecular formula is C23H34N4O2. The summed E-state index contributed by atoms with van der Waals surface area (Å²) in [6, 6.07) is 2.34. The van der Waals surface area contributed by atoms with Crippen molar-refractivity contribution in [2.45, 2.75) is 72.5 Å². The van der Waals surface area contributed by atoms with Crippen LogP contribution in [0.4, 0.5) is 5.69 Å². The van der Waals surface area contributed by atoms with Gasteiger partial charge >= 0.3 is 0 Å². The second kappa shape index (κ2) is 8.71. The molecule has 0 aromatic carbocycles. The molecule has 0 saturated carbocycles. The largest absolute Gasteiger partial charge is 0.369 e. The number of hydrogen-bond donors (Lipinski definition) is 0. The molecule has 0 N–H and O–H groups in total. The van der Waals surface area contributed by atoms with Gasteiger partial charge in [-0.05, 0) is 43.7 Å². The molecule has 1 aromatic heterocycles. The summed E-state index contributed by atoms with van der Waals surface area (Å²) in [6.07, 6.45) is 3.21. The first-order valence-corrected chi connectivity index (χ1v) is 10.9. The van der Waals surface area contributed by atoms with Crippen molar-refractivity contribution in [1.82, 2.24) is 9.88 Å². The summed E-state index contributed by atoms with van der Waals surface area (Å²) >= 11 is 0. The molecule has 6 heteroatoms. The molecule has 1 saturated heterocycles. The van der Waals surface area contributed by atoms with Gasteiger partial charge in [0, 0.05) is 39.0 Å². The Hall–Kier alpha value is -2.13. The topological polar surface area (TPSA) is 69.5 Å². The van der Waals surface area contributed by atoms with Crippen LogP contribution < -0.4 is 4.90 Å². The van der Waals surface area contributed by atoms with Gasteiger partial charge in [0.1, 0.15) is 6.07 Å². The van der Waals surface area contributed by atoms with Gasteiger partial charge in [-0.25, -0.2) is 4.98 Å². The minimum absolute atomic E-state index is 0.225. The number of aromatic nitrogens is 1. The number of carbonyl (C=O) groups is 1. The van der Waals surface area contributed by atoms with Gasteiger partial charge in [0.25, 0.3) is 0 Å². The molecule has 0 atom stereocenters. The fraction of sp³-hybridized carbons (Fsp3) is 0.696. The first-order chi connectivity index (χ1) is 13.8. The summed E-state index contributed by atoms with van der Waals surface area (Å²) in [7, 11) is 0. The molecule has 2 aliphatic heterocycles. The number of carbonyl (C=O) groups excluding carboxylic acids is 1. The Balaban J connectivity index is 1.98. The molecule has 1 aromatic rings. The van der Waals surface area contributed by atoms with Crippen molar-refractivity contribution < 1.29 is 9.53 Å². The van der Waals surface area contributed by atoms with Gasteiger partial charge in [-0.15, -0.1) is 0 Å². The van der Waals surface area contributed by atoms with Crippen LogP contribution >= 0.6 is 0 Å². The highest BCUT2D eigenvalue weighted by Crippen LogP contribution is 2.37. The Labute approximate surface area is 174 Å². The Morgan fingerprint density at radius 3 is 2.55 bits per heavy atom. The number of hydrogen-bond acceptors (Lipinski definition) is 5. The molecular weight excluding hydrogens is 364 g/mol. The summed E-state index contributed by atoms with van der Waals surface area (Å²) in [4.78, 5) is 21.2. The van der Waals surface area contributed by atoms with Crippen molar-refractivity contribution >= 4 is 11.6 Å². The van der Waals surface area contributed by atoms with E-state index in [1.54, 1.807) is 0 Å². The van der Waals surface area contributed by atoms with Crippen molar-refractivity contribution in [2.24, 2.45) is 5.92 Å². The zero-order valence-electron chi connectivity index (χ0n) is 18.5. The zero-order valence-corrected chi connectivity index (χ0v) is 18.5. The molecule has 0 radical (unpaired) electrons. The maximum atomic E-state index is 12.3. The SMILES string of the molecule is CCCC(=O)N1CCN(c2c(C#N)nc3c(c2CC(C)C)CC(C)(C)OC3)CC1. The molecule has 0 bridgehead atoms. The third-order valence-corrected chi connectivity index (χ3v) is 5.80. The van der Waals surface area contributed by atoms with E-state index < -0.39 is 0 Å². The van der Waals surface area contributed by atoms with E-state index in [0.29, 0.717) is 37.7 Å². The molecule has 0 unspecified atom stereocenters. The van der Waals surface area contributed by atoms with Crippen molar-refractivity contribution in [3.8, 4) is 6.07 Å². The molecule has 6 nitrogen and oxygen atoms in total. The van der Waals surface area contributed by atoms with E-state index >= 15 is 0 Å². The number of ether oxygens (including phenoxy) is 1. The summed E-state index contributed by atoms with van der Waals surface area (Å²) in [6.45, 7) is 14.1. The average Bonchev–Trinajstić information content (AvgIpc) is 2.67. The van der Waals surface area contributed by atoms with Crippen molar-refractivity contribution in [1.29, 1.82) is 5.26 Å². The number of fused-ring (bicyclic) bond motifs is 1. The Morgan fingerprint density at radius 2 is 1.97 bits per heavy atom. The number of amides is 1. The summed E-state index contributed by atoms with van der Waals surface area (Å²) < 4.78 is 5.97. The lowest BCUT2D eigenvalue weighted by Gasteiger charge is -2.39. The van der Waals surface area contributed by atoms with E-state index in [9.17, 15) is 10.1 Å².